The molecule has 0 saturated carbocycles. The summed E-state index contributed by atoms with van der Waals surface area (Å²) in [6.45, 7) is 3.99. The van der Waals surface area contributed by atoms with Gasteiger partial charge in [-0.25, -0.2) is 0 Å². The second kappa shape index (κ2) is 6.23. The molecule has 1 aliphatic heterocycles. The molecule has 0 spiro atoms. The molecular formula is C14H19BrN2O. The van der Waals surface area contributed by atoms with E-state index in [0.717, 1.165) is 24.5 Å². The normalized spacial score (nSPS) is 17.3. The number of benzene rings is 1. The molecule has 0 aromatic heterocycles. The maximum atomic E-state index is 11.8. The van der Waals surface area contributed by atoms with Gasteiger partial charge in [-0.3, -0.25) is 4.79 Å². The Kier molecular flexibility index (Phi) is 4.64. The van der Waals surface area contributed by atoms with Gasteiger partial charge in [0.2, 0.25) is 5.91 Å². The smallest absolute Gasteiger partial charge is 0.237 e. The lowest BCUT2D eigenvalue weighted by molar-refractivity contribution is -0.115. The predicted molar refractivity (Wildman–Crippen MR) is 79.5 cm³/mol. The third-order valence-electron chi connectivity index (χ3n) is 3.22. The Morgan fingerprint density at radius 3 is 2.61 bits per heavy atom. The van der Waals surface area contributed by atoms with Crippen molar-refractivity contribution in [3.05, 3.63) is 24.3 Å². The highest BCUT2D eigenvalue weighted by molar-refractivity contribution is 9.10. The number of halogens is 1. The van der Waals surface area contributed by atoms with Crippen molar-refractivity contribution < 1.29 is 4.79 Å². The van der Waals surface area contributed by atoms with Gasteiger partial charge in [0.1, 0.15) is 0 Å². The summed E-state index contributed by atoms with van der Waals surface area (Å²) >= 11 is 3.29. The molecule has 1 amide bonds. The topological polar surface area (TPSA) is 32.3 Å². The van der Waals surface area contributed by atoms with Gasteiger partial charge in [-0.1, -0.05) is 28.1 Å². The van der Waals surface area contributed by atoms with Crippen molar-refractivity contribution in [2.24, 2.45) is 0 Å². The number of carbonyl (C=O) groups is 1. The number of hydrogen-bond acceptors (Lipinski definition) is 2. The van der Waals surface area contributed by atoms with E-state index in [-0.39, 0.29) is 10.7 Å². The standard InChI is InChI=1S/C14H19BrN2O/c1-11(15)14(18)16-12-7-3-4-8-13(12)17-9-5-2-6-10-17/h3-4,7-8,11H,2,5-6,9-10H2,1H3,(H,16,18). The molecule has 3 nitrogen and oxygen atoms in total. The Morgan fingerprint density at radius 1 is 1.28 bits per heavy atom. The minimum atomic E-state index is -0.174. The van der Waals surface area contributed by atoms with Gasteiger partial charge in [0.15, 0.2) is 0 Å². The van der Waals surface area contributed by atoms with Crippen molar-refractivity contribution in [1.82, 2.24) is 0 Å². The summed E-state index contributed by atoms with van der Waals surface area (Å²) in [5.41, 5.74) is 2.05. The minimum Gasteiger partial charge on any atom is -0.370 e. The summed E-state index contributed by atoms with van der Waals surface area (Å²) < 4.78 is 0. The van der Waals surface area contributed by atoms with E-state index in [2.05, 4.69) is 32.2 Å². The lowest BCUT2D eigenvalue weighted by atomic mass is 10.1. The molecule has 1 N–H and O–H groups in total. The molecule has 0 aliphatic carbocycles. The van der Waals surface area contributed by atoms with Crippen molar-refractivity contribution in [2.75, 3.05) is 23.3 Å². The molecule has 0 bridgehead atoms. The van der Waals surface area contributed by atoms with Crippen LogP contribution in [0.25, 0.3) is 0 Å². The van der Waals surface area contributed by atoms with Crippen LogP contribution >= 0.6 is 15.9 Å². The number of anilines is 2. The number of nitrogens with one attached hydrogen (secondary N) is 1. The van der Waals surface area contributed by atoms with Crippen molar-refractivity contribution in [3.8, 4) is 0 Å². The van der Waals surface area contributed by atoms with Crippen molar-refractivity contribution in [3.63, 3.8) is 0 Å². The number of nitrogens with zero attached hydrogens (tertiary/aromatic N) is 1. The van der Waals surface area contributed by atoms with E-state index in [1.165, 1.54) is 19.3 Å². The number of para-hydroxylation sites is 2. The quantitative estimate of drug-likeness (QED) is 0.868. The van der Waals surface area contributed by atoms with Crippen molar-refractivity contribution in [2.45, 2.75) is 31.0 Å². The second-order valence-electron chi connectivity index (χ2n) is 4.67. The fraction of sp³-hybridized carbons (Fsp3) is 0.500. The van der Waals surface area contributed by atoms with E-state index in [4.69, 9.17) is 0 Å². The van der Waals surface area contributed by atoms with Crippen LogP contribution in [0.1, 0.15) is 26.2 Å². The number of amides is 1. The molecule has 1 fully saturated rings. The third-order valence-corrected chi connectivity index (χ3v) is 3.64. The van der Waals surface area contributed by atoms with Crippen molar-refractivity contribution >= 4 is 33.2 Å². The van der Waals surface area contributed by atoms with Crippen LogP contribution in [0.15, 0.2) is 24.3 Å². The van der Waals surface area contributed by atoms with Gasteiger partial charge in [0, 0.05) is 13.1 Å². The van der Waals surface area contributed by atoms with Crippen molar-refractivity contribution in [1.29, 1.82) is 0 Å². The summed E-state index contributed by atoms with van der Waals surface area (Å²) in [4.78, 5) is 14.0. The first-order valence-corrected chi connectivity index (χ1v) is 7.39. The van der Waals surface area contributed by atoms with E-state index in [1.807, 2.05) is 25.1 Å². The Hall–Kier alpha value is -1.03. The Labute approximate surface area is 117 Å². The molecule has 2 rings (SSSR count). The monoisotopic (exact) mass is 310 g/mol. The average Bonchev–Trinajstić information content (AvgIpc) is 2.40. The first-order chi connectivity index (χ1) is 8.68. The number of piperidine rings is 1. The van der Waals surface area contributed by atoms with Crippen LogP contribution in [0.5, 0.6) is 0 Å². The Balaban J connectivity index is 2.16. The Morgan fingerprint density at radius 2 is 1.94 bits per heavy atom. The highest BCUT2D eigenvalue weighted by Crippen LogP contribution is 2.28. The average molecular weight is 311 g/mol. The molecule has 1 aromatic carbocycles. The molecule has 98 valence electrons. The summed E-state index contributed by atoms with van der Waals surface area (Å²) in [5.74, 6) is -0.000501. The van der Waals surface area contributed by atoms with Gasteiger partial charge >= 0.3 is 0 Å². The number of carbonyl (C=O) groups excluding carboxylic acids is 1. The zero-order valence-electron chi connectivity index (χ0n) is 10.7. The molecule has 1 aliphatic rings. The van der Waals surface area contributed by atoms with Gasteiger partial charge in [0.05, 0.1) is 16.2 Å². The highest BCUT2D eigenvalue weighted by atomic mass is 79.9. The molecule has 1 saturated heterocycles. The minimum absolute atomic E-state index is 0.000501. The van der Waals surface area contributed by atoms with Crippen LogP contribution in [0.2, 0.25) is 0 Å². The molecule has 1 heterocycles. The summed E-state index contributed by atoms with van der Waals surface area (Å²) in [7, 11) is 0. The maximum Gasteiger partial charge on any atom is 0.237 e. The molecule has 0 radical (unpaired) electrons. The van der Waals surface area contributed by atoms with E-state index in [1.54, 1.807) is 0 Å². The highest BCUT2D eigenvalue weighted by Gasteiger charge is 2.16. The number of alkyl halides is 1. The van der Waals surface area contributed by atoms with Crippen LogP contribution in [0, 0.1) is 0 Å². The lowest BCUT2D eigenvalue weighted by Gasteiger charge is -2.30. The Bertz CT molecular complexity index is 414. The summed E-state index contributed by atoms with van der Waals surface area (Å²) in [5, 5.41) is 2.98. The van der Waals surface area contributed by atoms with E-state index >= 15 is 0 Å². The van der Waals surface area contributed by atoms with E-state index in [0.29, 0.717) is 0 Å². The van der Waals surface area contributed by atoms with Gasteiger partial charge in [-0.05, 0) is 38.3 Å². The SMILES string of the molecule is CC(Br)C(=O)Nc1ccccc1N1CCCCC1. The van der Waals surface area contributed by atoms with Crippen LogP contribution in [0.3, 0.4) is 0 Å². The molecule has 4 heteroatoms. The second-order valence-corrected chi connectivity index (χ2v) is 6.04. The maximum absolute atomic E-state index is 11.8. The lowest BCUT2D eigenvalue weighted by Crippen LogP contribution is -2.31. The van der Waals surface area contributed by atoms with Crippen LogP contribution in [-0.2, 0) is 4.79 Å². The molecule has 1 atom stereocenters. The first kappa shape index (κ1) is 13.4. The predicted octanol–water partition coefficient (Wildman–Crippen LogP) is 3.40. The van der Waals surface area contributed by atoms with Gasteiger partial charge < -0.3 is 10.2 Å². The molecule has 18 heavy (non-hydrogen) atoms. The van der Waals surface area contributed by atoms with Crippen LogP contribution in [0.4, 0.5) is 11.4 Å². The van der Waals surface area contributed by atoms with Gasteiger partial charge in [-0.2, -0.15) is 0 Å². The fourth-order valence-electron chi connectivity index (χ4n) is 2.22. The molecule has 1 unspecified atom stereocenters. The van der Waals surface area contributed by atoms with Gasteiger partial charge in [-0.15, -0.1) is 0 Å². The largest absolute Gasteiger partial charge is 0.370 e. The number of rotatable bonds is 3. The van der Waals surface area contributed by atoms with E-state index < -0.39 is 0 Å². The fourth-order valence-corrected chi connectivity index (χ4v) is 2.34. The summed E-state index contributed by atoms with van der Waals surface area (Å²) in [6.07, 6.45) is 3.78. The first-order valence-electron chi connectivity index (χ1n) is 6.47. The zero-order chi connectivity index (χ0) is 13.0. The van der Waals surface area contributed by atoms with Crippen LogP contribution in [-0.4, -0.2) is 23.8 Å². The number of hydrogen-bond donors (Lipinski definition) is 1. The van der Waals surface area contributed by atoms with Crippen LogP contribution < -0.4 is 10.2 Å². The van der Waals surface area contributed by atoms with Gasteiger partial charge in [0.25, 0.3) is 0 Å². The molecular weight excluding hydrogens is 292 g/mol. The third kappa shape index (κ3) is 3.25. The van der Waals surface area contributed by atoms with E-state index in [9.17, 15) is 4.79 Å². The summed E-state index contributed by atoms with van der Waals surface area (Å²) in [6, 6.07) is 8.04. The zero-order valence-corrected chi connectivity index (χ0v) is 12.2. The molecule has 1 aromatic rings.